The molecular formula is C26H28ClN5O2S. The van der Waals surface area contributed by atoms with Gasteiger partial charge < -0.3 is 15.1 Å². The number of carbonyl (C=O) groups is 2. The summed E-state index contributed by atoms with van der Waals surface area (Å²) in [6, 6.07) is 13.0. The molecule has 2 aliphatic rings. The van der Waals surface area contributed by atoms with Crippen molar-refractivity contribution in [1.82, 2.24) is 19.6 Å². The van der Waals surface area contributed by atoms with Gasteiger partial charge in [-0.1, -0.05) is 29.8 Å². The Morgan fingerprint density at radius 3 is 2.63 bits per heavy atom. The van der Waals surface area contributed by atoms with E-state index in [0.29, 0.717) is 16.1 Å². The maximum absolute atomic E-state index is 13.4. The van der Waals surface area contributed by atoms with Crippen molar-refractivity contribution >= 4 is 40.1 Å². The van der Waals surface area contributed by atoms with E-state index in [1.54, 1.807) is 24.3 Å². The summed E-state index contributed by atoms with van der Waals surface area (Å²) in [5, 5.41) is 4.50. The van der Waals surface area contributed by atoms with Crippen LogP contribution in [0, 0.1) is 6.92 Å². The number of anilines is 1. The Morgan fingerprint density at radius 2 is 1.91 bits per heavy atom. The maximum atomic E-state index is 13.4. The van der Waals surface area contributed by atoms with E-state index in [0.717, 1.165) is 55.3 Å². The van der Waals surface area contributed by atoms with Crippen LogP contribution < -0.4 is 10.2 Å². The second-order valence-corrected chi connectivity index (χ2v) is 10.4. The first-order valence-electron chi connectivity index (χ1n) is 11.9. The Hall–Kier alpha value is -2.97. The zero-order chi connectivity index (χ0) is 24.5. The number of halogens is 1. The number of hydrogen-bond donors (Lipinski definition) is 1. The third-order valence-corrected chi connectivity index (χ3v) is 8.21. The largest absolute Gasteiger partial charge is 0.347 e. The van der Waals surface area contributed by atoms with Gasteiger partial charge in [0.2, 0.25) is 5.13 Å². The first-order chi connectivity index (χ1) is 16.9. The monoisotopic (exact) mass is 509 g/mol. The van der Waals surface area contributed by atoms with Gasteiger partial charge in [0.25, 0.3) is 11.8 Å². The molecule has 1 aliphatic carbocycles. The number of aryl methyl sites for hydroxylation is 2. The molecule has 1 saturated heterocycles. The molecule has 0 radical (unpaired) electrons. The molecule has 3 aromatic rings. The fraction of sp³-hybridized carbons (Fsp3) is 0.385. The SMILES string of the molecule is Cc1nsc(N2CCC(N(C)C(=O)c3ccc4c(c3)[C@H](NC(=O)c3ccccc3Cl)CC4)CC2)n1. The predicted octanol–water partition coefficient (Wildman–Crippen LogP) is 4.66. The Labute approximate surface area is 214 Å². The van der Waals surface area contributed by atoms with Crippen molar-refractivity contribution in [2.75, 3.05) is 25.0 Å². The molecule has 2 amide bonds. The average molecular weight is 510 g/mol. The standard InChI is InChI=1S/C26H28ClN5O2S/c1-16-28-26(35-30-16)32-13-11-19(12-14-32)31(2)25(34)18-8-7-17-9-10-23(21(17)15-18)29-24(33)20-5-3-4-6-22(20)27/h3-8,15,19,23H,9-14H2,1-2H3,(H,29,33)/t23-/m1/s1. The molecule has 5 rings (SSSR count). The number of aromatic nitrogens is 2. The Bertz CT molecular complexity index is 1250. The van der Waals surface area contributed by atoms with Crippen LogP contribution in [0.4, 0.5) is 5.13 Å². The van der Waals surface area contributed by atoms with Crippen LogP contribution in [0.15, 0.2) is 42.5 Å². The minimum Gasteiger partial charge on any atom is -0.347 e. The molecule has 0 spiro atoms. The van der Waals surface area contributed by atoms with Gasteiger partial charge >= 0.3 is 0 Å². The van der Waals surface area contributed by atoms with E-state index in [-0.39, 0.29) is 23.9 Å². The first-order valence-corrected chi connectivity index (χ1v) is 13.1. The highest BCUT2D eigenvalue weighted by Gasteiger charge is 2.30. The smallest absolute Gasteiger partial charge is 0.253 e. The van der Waals surface area contributed by atoms with E-state index in [2.05, 4.69) is 19.6 Å². The van der Waals surface area contributed by atoms with Crippen molar-refractivity contribution in [2.24, 2.45) is 0 Å². The van der Waals surface area contributed by atoms with Crippen LogP contribution >= 0.6 is 23.1 Å². The minimum absolute atomic E-state index is 0.0149. The van der Waals surface area contributed by atoms with E-state index in [1.807, 2.05) is 37.1 Å². The molecule has 1 aromatic heterocycles. The number of amides is 2. The molecule has 1 atom stereocenters. The highest BCUT2D eigenvalue weighted by molar-refractivity contribution is 7.09. The van der Waals surface area contributed by atoms with Crippen LogP contribution in [0.5, 0.6) is 0 Å². The van der Waals surface area contributed by atoms with E-state index in [1.165, 1.54) is 17.1 Å². The summed E-state index contributed by atoms with van der Waals surface area (Å²) in [4.78, 5) is 34.8. The molecule has 1 fully saturated rings. The van der Waals surface area contributed by atoms with Gasteiger partial charge in [-0.15, -0.1) is 0 Å². The second-order valence-electron chi connectivity index (χ2n) is 9.22. The molecule has 0 unspecified atom stereocenters. The third kappa shape index (κ3) is 4.90. The summed E-state index contributed by atoms with van der Waals surface area (Å²) in [6.45, 7) is 3.62. The van der Waals surface area contributed by atoms with Crippen LogP contribution in [0.3, 0.4) is 0 Å². The molecule has 9 heteroatoms. The van der Waals surface area contributed by atoms with Crippen molar-refractivity contribution in [3.05, 3.63) is 75.6 Å². The van der Waals surface area contributed by atoms with Crippen molar-refractivity contribution in [3.8, 4) is 0 Å². The van der Waals surface area contributed by atoms with Crippen molar-refractivity contribution < 1.29 is 9.59 Å². The average Bonchev–Trinajstić information content (AvgIpc) is 3.49. The molecule has 2 heterocycles. The van der Waals surface area contributed by atoms with Gasteiger partial charge in [0.1, 0.15) is 5.82 Å². The van der Waals surface area contributed by atoms with Crippen LogP contribution in [0.25, 0.3) is 0 Å². The molecule has 35 heavy (non-hydrogen) atoms. The van der Waals surface area contributed by atoms with E-state index in [4.69, 9.17) is 11.6 Å². The number of nitrogens with zero attached hydrogens (tertiary/aromatic N) is 4. The maximum Gasteiger partial charge on any atom is 0.253 e. The van der Waals surface area contributed by atoms with Crippen molar-refractivity contribution in [3.63, 3.8) is 0 Å². The predicted molar refractivity (Wildman–Crippen MR) is 138 cm³/mol. The van der Waals surface area contributed by atoms with Gasteiger partial charge in [-0.05, 0) is 68.0 Å². The number of benzene rings is 2. The summed E-state index contributed by atoms with van der Waals surface area (Å²) in [6.07, 6.45) is 3.46. The minimum atomic E-state index is -0.195. The summed E-state index contributed by atoms with van der Waals surface area (Å²) in [7, 11) is 1.89. The molecule has 7 nitrogen and oxygen atoms in total. The van der Waals surface area contributed by atoms with Crippen LogP contribution in [0.2, 0.25) is 5.02 Å². The third-order valence-electron chi connectivity index (χ3n) is 7.01. The molecule has 182 valence electrons. The molecule has 1 aliphatic heterocycles. The summed E-state index contributed by atoms with van der Waals surface area (Å²) in [5.41, 5.74) is 3.32. The lowest BCUT2D eigenvalue weighted by atomic mass is 10.0. The number of fused-ring (bicyclic) bond motifs is 1. The van der Waals surface area contributed by atoms with Gasteiger partial charge in [-0.2, -0.15) is 4.37 Å². The molecule has 0 saturated carbocycles. The number of hydrogen-bond acceptors (Lipinski definition) is 6. The van der Waals surface area contributed by atoms with E-state index < -0.39 is 0 Å². The molecule has 2 aromatic carbocycles. The summed E-state index contributed by atoms with van der Waals surface area (Å²) < 4.78 is 4.28. The topological polar surface area (TPSA) is 78.4 Å². The van der Waals surface area contributed by atoms with Crippen LogP contribution in [-0.4, -0.2) is 52.3 Å². The van der Waals surface area contributed by atoms with Crippen LogP contribution in [-0.2, 0) is 6.42 Å². The number of piperidine rings is 1. The molecule has 0 bridgehead atoms. The lowest BCUT2D eigenvalue weighted by Crippen LogP contribution is -2.45. The molecule has 1 N–H and O–H groups in total. The highest BCUT2D eigenvalue weighted by Crippen LogP contribution is 2.33. The van der Waals surface area contributed by atoms with Gasteiger partial charge in [-0.25, -0.2) is 4.98 Å². The lowest BCUT2D eigenvalue weighted by Gasteiger charge is -2.36. The lowest BCUT2D eigenvalue weighted by molar-refractivity contribution is 0.0709. The van der Waals surface area contributed by atoms with Gasteiger partial charge in [-0.3, -0.25) is 9.59 Å². The van der Waals surface area contributed by atoms with Crippen molar-refractivity contribution in [1.29, 1.82) is 0 Å². The van der Waals surface area contributed by atoms with Gasteiger partial charge in [0.15, 0.2) is 0 Å². The normalized spacial score (nSPS) is 17.8. The fourth-order valence-electron chi connectivity index (χ4n) is 5.00. The Kier molecular flexibility index (Phi) is 6.75. The van der Waals surface area contributed by atoms with E-state index in [9.17, 15) is 9.59 Å². The van der Waals surface area contributed by atoms with Crippen molar-refractivity contribution in [2.45, 2.75) is 44.7 Å². The first kappa shape index (κ1) is 23.8. The summed E-state index contributed by atoms with van der Waals surface area (Å²) >= 11 is 7.64. The number of carbonyl (C=O) groups excluding carboxylic acids is 2. The Morgan fingerprint density at radius 1 is 1.14 bits per heavy atom. The summed E-state index contributed by atoms with van der Waals surface area (Å²) in [5.74, 6) is 0.623. The van der Waals surface area contributed by atoms with Gasteiger partial charge in [0, 0.05) is 43.3 Å². The molecular weight excluding hydrogens is 482 g/mol. The zero-order valence-electron chi connectivity index (χ0n) is 19.8. The van der Waals surface area contributed by atoms with E-state index >= 15 is 0 Å². The van der Waals surface area contributed by atoms with Crippen LogP contribution in [0.1, 0.15) is 63.0 Å². The highest BCUT2D eigenvalue weighted by atomic mass is 35.5. The fourth-order valence-corrected chi connectivity index (χ4v) is 5.94. The zero-order valence-corrected chi connectivity index (χ0v) is 21.4. The number of nitrogens with one attached hydrogen (secondary N) is 1. The Balaban J connectivity index is 1.25. The second kappa shape index (κ2) is 9.95. The number of rotatable bonds is 5. The van der Waals surface area contributed by atoms with Gasteiger partial charge in [0.05, 0.1) is 16.6 Å². The quantitative estimate of drug-likeness (QED) is 0.541.